The first kappa shape index (κ1) is 27.0. The summed E-state index contributed by atoms with van der Waals surface area (Å²) in [6.07, 6.45) is 4.83. The van der Waals surface area contributed by atoms with Crippen LogP contribution < -0.4 is 15.1 Å². The minimum Gasteiger partial charge on any atom is -0.365 e. The van der Waals surface area contributed by atoms with Gasteiger partial charge in [0.25, 0.3) is 0 Å². The first-order valence-electron chi connectivity index (χ1n) is 14.7. The highest BCUT2D eigenvalue weighted by Crippen LogP contribution is 2.34. The topological polar surface area (TPSA) is 91.6 Å². The molecule has 9 nitrogen and oxygen atoms in total. The van der Waals surface area contributed by atoms with Crippen LogP contribution >= 0.6 is 0 Å². The van der Waals surface area contributed by atoms with Crippen LogP contribution in [0.1, 0.15) is 30.5 Å². The van der Waals surface area contributed by atoms with Gasteiger partial charge in [-0.2, -0.15) is 10.2 Å². The van der Waals surface area contributed by atoms with Crippen LogP contribution in [0.2, 0.25) is 0 Å². The molecule has 6 rings (SSSR count). The van der Waals surface area contributed by atoms with Crippen LogP contribution in [0.25, 0.3) is 10.8 Å². The van der Waals surface area contributed by atoms with E-state index in [4.69, 9.17) is 9.97 Å². The molecule has 0 radical (unpaired) electrons. The Bertz CT molecular complexity index is 1480. The zero-order chi connectivity index (χ0) is 28.3. The van der Waals surface area contributed by atoms with Gasteiger partial charge in [-0.1, -0.05) is 43.0 Å². The Kier molecular flexibility index (Phi) is 7.75. The van der Waals surface area contributed by atoms with Crippen LogP contribution in [-0.2, 0) is 17.8 Å². The Morgan fingerprint density at radius 2 is 1.95 bits per heavy atom. The molecule has 0 saturated carbocycles. The molecular weight excluding hydrogens is 512 g/mol. The monoisotopic (exact) mass is 550 g/mol. The molecule has 1 amide bonds. The summed E-state index contributed by atoms with van der Waals surface area (Å²) < 4.78 is 0. The van der Waals surface area contributed by atoms with Crippen molar-refractivity contribution in [1.82, 2.24) is 19.8 Å². The lowest BCUT2D eigenvalue weighted by atomic mass is 10.0. The van der Waals surface area contributed by atoms with Crippen molar-refractivity contribution in [1.29, 1.82) is 5.26 Å². The third-order valence-electron chi connectivity index (χ3n) is 8.88. The summed E-state index contributed by atoms with van der Waals surface area (Å²) in [5, 5.41) is 15.6. The van der Waals surface area contributed by atoms with Gasteiger partial charge in [-0.15, -0.1) is 0 Å². The summed E-state index contributed by atoms with van der Waals surface area (Å²) in [7, 11) is 2.18. The number of fused-ring (bicyclic) bond motifs is 2. The molecule has 0 unspecified atom stereocenters. The van der Waals surface area contributed by atoms with Crippen molar-refractivity contribution in [2.75, 3.05) is 61.4 Å². The Hall–Kier alpha value is -4.16. The third kappa shape index (κ3) is 5.44. The standard InChI is InChI=1S/C32H38N8O/c1-3-30(41)40-19-18-39(21-25(40)13-15-33)31-27-14-17-38(29-12-6-9-23-8-4-5-11-26(23)29)22-28(27)35-32(36-31)34-20-24-10-7-16-37(24)2/h3-6,8-9,11-12,24-25H,1,7,10,13-14,16-22H2,2H3,(H,34,35,36)/t24-,25-/m0/s1. The Labute approximate surface area is 242 Å². The average molecular weight is 551 g/mol. The number of likely N-dealkylation sites (N-methyl/N-ethyl adjacent to an activating group) is 1. The second-order valence-electron chi connectivity index (χ2n) is 11.3. The number of nitriles is 1. The number of nitrogens with one attached hydrogen (secondary N) is 1. The van der Waals surface area contributed by atoms with E-state index in [1.807, 2.05) is 0 Å². The summed E-state index contributed by atoms with van der Waals surface area (Å²) in [5.74, 6) is 1.46. The molecule has 3 aromatic rings. The average Bonchev–Trinajstić information content (AvgIpc) is 3.43. The fourth-order valence-corrected chi connectivity index (χ4v) is 6.62. The molecule has 212 valence electrons. The molecule has 1 aromatic heterocycles. The van der Waals surface area contributed by atoms with Gasteiger partial charge in [0.15, 0.2) is 0 Å². The number of anilines is 3. The number of carbonyl (C=O) groups excluding carboxylic acids is 1. The number of hydrogen-bond acceptors (Lipinski definition) is 8. The van der Waals surface area contributed by atoms with E-state index in [0.29, 0.717) is 38.2 Å². The predicted molar refractivity (Wildman–Crippen MR) is 163 cm³/mol. The van der Waals surface area contributed by atoms with Crippen LogP contribution in [0.5, 0.6) is 0 Å². The molecule has 3 aliphatic rings. The third-order valence-corrected chi connectivity index (χ3v) is 8.88. The lowest BCUT2D eigenvalue weighted by Crippen LogP contribution is -2.55. The van der Waals surface area contributed by atoms with Gasteiger partial charge >= 0.3 is 0 Å². The summed E-state index contributed by atoms with van der Waals surface area (Å²) in [4.78, 5) is 31.6. The summed E-state index contributed by atoms with van der Waals surface area (Å²) >= 11 is 0. The van der Waals surface area contributed by atoms with Gasteiger partial charge in [-0.05, 0) is 50.4 Å². The molecule has 2 atom stereocenters. The van der Waals surface area contributed by atoms with E-state index in [-0.39, 0.29) is 18.4 Å². The molecule has 2 fully saturated rings. The zero-order valence-electron chi connectivity index (χ0n) is 23.8. The number of rotatable bonds is 7. The maximum atomic E-state index is 12.5. The first-order valence-corrected chi connectivity index (χ1v) is 14.7. The van der Waals surface area contributed by atoms with Crippen molar-refractivity contribution in [2.24, 2.45) is 0 Å². The highest BCUT2D eigenvalue weighted by molar-refractivity contribution is 5.94. The number of amides is 1. The van der Waals surface area contributed by atoms with E-state index in [2.05, 4.69) is 82.2 Å². The van der Waals surface area contributed by atoms with Crippen LogP contribution in [0, 0.1) is 11.3 Å². The van der Waals surface area contributed by atoms with Crippen LogP contribution in [-0.4, -0.2) is 84.1 Å². The Morgan fingerprint density at radius 3 is 2.76 bits per heavy atom. The van der Waals surface area contributed by atoms with Gasteiger partial charge in [-0.3, -0.25) is 4.79 Å². The van der Waals surface area contributed by atoms with Crippen molar-refractivity contribution in [3.63, 3.8) is 0 Å². The van der Waals surface area contributed by atoms with E-state index in [1.165, 1.54) is 40.9 Å². The van der Waals surface area contributed by atoms with Crippen LogP contribution in [0.15, 0.2) is 55.1 Å². The van der Waals surface area contributed by atoms with Gasteiger partial charge in [0.05, 0.1) is 30.8 Å². The summed E-state index contributed by atoms with van der Waals surface area (Å²) in [6, 6.07) is 17.6. The van der Waals surface area contributed by atoms with Gasteiger partial charge < -0.3 is 24.9 Å². The lowest BCUT2D eigenvalue weighted by Gasteiger charge is -2.42. The smallest absolute Gasteiger partial charge is 0.246 e. The maximum Gasteiger partial charge on any atom is 0.246 e. The van der Waals surface area contributed by atoms with Gasteiger partial charge in [-0.25, -0.2) is 4.98 Å². The van der Waals surface area contributed by atoms with Crippen LogP contribution in [0.3, 0.4) is 0 Å². The minimum absolute atomic E-state index is 0.122. The van der Waals surface area contributed by atoms with E-state index < -0.39 is 0 Å². The number of piperazine rings is 1. The second kappa shape index (κ2) is 11.8. The van der Waals surface area contributed by atoms with Gasteiger partial charge in [0, 0.05) is 55.4 Å². The quantitative estimate of drug-likeness (QED) is 0.444. The predicted octanol–water partition coefficient (Wildman–Crippen LogP) is 3.82. The number of likely N-dealkylation sites (tertiary alicyclic amines) is 1. The molecule has 2 aromatic carbocycles. The fourth-order valence-electron chi connectivity index (χ4n) is 6.62. The maximum absolute atomic E-state index is 12.5. The van der Waals surface area contributed by atoms with E-state index >= 15 is 0 Å². The SMILES string of the molecule is C=CC(=O)N1CCN(c2nc(NC[C@@H]3CCCN3C)nc3c2CCN(c2cccc4ccccc24)C3)C[C@@H]1CC#N. The largest absolute Gasteiger partial charge is 0.365 e. The van der Waals surface area contributed by atoms with Crippen molar-refractivity contribution in [2.45, 2.75) is 44.3 Å². The van der Waals surface area contributed by atoms with E-state index in [0.717, 1.165) is 37.6 Å². The van der Waals surface area contributed by atoms with Crippen molar-refractivity contribution >= 4 is 34.1 Å². The molecular formula is C32H38N8O. The van der Waals surface area contributed by atoms with Crippen molar-refractivity contribution in [3.05, 3.63) is 66.4 Å². The second-order valence-corrected chi connectivity index (χ2v) is 11.3. The van der Waals surface area contributed by atoms with Gasteiger partial charge in [0.1, 0.15) is 5.82 Å². The Balaban J connectivity index is 1.33. The molecule has 41 heavy (non-hydrogen) atoms. The van der Waals surface area contributed by atoms with Crippen molar-refractivity contribution < 1.29 is 4.79 Å². The van der Waals surface area contributed by atoms with E-state index in [1.54, 1.807) is 4.90 Å². The highest BCUT2D eigenvalue weighted by atomic mass is 16.2. The highest BCUT2D eigenvalue weighted by Gasteiger charge is 2.33. The normalized spacial score (nSPS) is 21.0. The summed E-state index contributed by atoms with van der Waals surface area (Å²) in [5.41, 5.74) is 3.43. The molecule has 0 spiro atoms. The molecule has 1 N–H and O–H groups in total. The number of hydrogen-bond donors (Lipinski definition) is 1. The number of aromatic nitrogens is 2. The minimum atomic E-state index is -0.204. The Morgan fingerprint density at radius 1 is 1.10 bits per heavy atom. The molecule has 0 bridgehead atoms. The van der Waals surface area contributed by atoms with Gasteiger partial charge in [0.2, 0.25) is 11.9 Å². The van der Waals surface area contributed by atoms with Crippen LogP contribution in [0.4, 0.5) is 17.5 Å². The summed E-state index contributed by atoms with van der Waals surface area (Å²) in [6.45, 7) is 8.91. The number of carbonyl (C=O) groups is 1. The number of benzene rings is 2. The van der Waals surface area contributed by atoms with Crippen molar-refractivity contribution in [3.8, 4) is 6.07 Å². The fraction of sp³-hybridized carbons (Fsp3) is 0.438. The molecule has 9 heteroatoms. The van der Waals surface area contributed by atoms with E-state index in [9.17, 15) is 10.1 Å². The first-order chi connectivity index (χ1) is 20.1. The molecule has 2 saturated heterocycles. The lowest BCUT2D eigenvalue weighted by molar-refractivity contribution is -0.128. The zero-order valence-corrected chi connectivity index (χ0v) is 23.8. The molecule has 0 aliphatic carbocycles. The molecule has 4 heterocycles. The number of nitrogens with zero attached hydrogens (tertiary/aromatic N) is 7. The molecule has 3 aliphatic heterocycles.